The van der Waals surface area contributed by atoms with E-state index in [0.29, 0.717) is 0 Å². The Morgan fingerprint density at radius 3 is 2.55 bits per heavy atom. The lowest BCUT2D eigenvalue weighted by atomic mass is 9.82. The Bertz CT molecular complexity index is 260. The average molecular weight is 280 g/mol. The first kappa shape index (κ1) is 16.3. The maximum absolute atomic E-state index is 3.89. The van der Waals surface area contributed by atoms with Gasteiger partial charge in [-0.3, -0.25) is 4.90 Å². The zero-order chi connectivity index (χ0) is 14.4. The van der Waals surface area contributed by atoms with Gasteiger partial charge in [-0.1, -0.05) is 46.0 Å². The lowest BCUT2D eigenvalue weighted by molar-refractivity contribution is 0.0580. The van der Waals surface area contributed by atoms with Crippen molar-refractivity contribution in [2.24, 2.45) is 5.92 Å². The van der Waals surface area contributed by atoms with Crippen LogP contribution in [0.25, 0.3) is 0 Å². The molecule has 0 amide bonds. The van der Waals surface area contributed by atoms with Crippen molar-refractivity contribution in [1.29, 1.82) is 0 Å². The normalized spacial score (nSPS) is 31.4. The van der Waals surface area contributed by atoms with Crippen molar-refractivity contribution >= 4 is 0 Å². The van der Waals surface area contributed by atoms with Gasteiger partial charge in [0.15, 0.2) is 0 Å². The highest BCUT2D eigenvalue weighted by Crippen LogP contribution is 2.29. The molecule has 2 nitrogen and oxygen atoms in total. The second-order valence-electron chi connectivity index (χ2n) is 7.16. The predicted molar refractivity (Wildman–Crippen MR) is 88.1 cm³/mol. The van der Waals surface area contributed by atoms with E-state index < -0.39 is 0 Å². The van der Waals surface area contributed by atoms with Crippen molar-refractivity contribution in [3.63, 3.8) is 0 Å². The molecule has 0 radical (unpaired) electrons. The standard InChI is InChI=1S/C18H36N2/c1-4-6-10-15(3)20-14-18(19-13-17(20)5-2)16-11-8-7-9-12-16/h15-19H,4-14H2,1-3H3. The Morgan fingerprint density at radius 2 is 1.90 bits per heavy atom. The van der Waals surface area contributed by atoms with Gasteiger partial charge in [0.2, 0.25) is 0 Å². The second-order valence-corrected chi connectivity index (χ2v) is 7.16. The van der Waals surface area contributed by atoms with Crippen molar-refractivity contribution in [3.05, 3.63) is 0 Å². The number of rotatable bonds is 6. The van der Waals surface area contributed by atoms with Crippen molar-refractivity contribution in [2.75, 3.05) is 13.1 Å². The van der Waals surface area contributed by atoms with Gasteiger partial charge in [-0.2, -0.15) is 0 Å². The van der Waals surface area contributed by atoms with Crippen LogP contribution >= 0.6 is 0 Å². The first-order valence-electron chi connectivity index (χ1n) is 9.25. The first-order valence-corrected chi connectivity index (χ1v) is 9.25. The van der Waals surface area contributed by atoms with Crippen molar-refractivity contribution < 1.29 is 0 Å². The number of nitrogens with one attached hydrogen (secondary N) is 1. The van der Waals surface area contributed by atoms with Crippen LogP contribution in [0.2, 0.25) is 0 Å². The van der Waals surface area contributed by atoms with Crippen LogP contribution in [-0.4, -0.2) is 36.1 Å². The molecule has 0 bridgehead atoms. The third-order valence-electron chi connectivity index (χ3n) is 5.72. The minimum absolute atomic E-state index is 0.765. The highest BCUT2D eigenvalue weighted by Gasteiger charge is 2.33. The molecule has 2 heteroatoms. The molecule has 1 N–H and O–H groups in total. The van der Waals surface area contributed by atoms with Crippen LogP contribution < -0.4 is 5.32 Å². The summed E-state index contributed by atoms with van der Waals surface area (Å²) in [6.07, 6.45) is 12.7. The lowest BCUT2D eigenvalue weighted by Gasteiger charge is -2.46. The first-order chi connectivity index (χ1) is 9.76. The van der Waals surface area contributed by atoms with E-state index in [1.54, 1.807) is 0 Å². The molecule has 3 unspecified atom stereocenters. The van der Waals surface area contributed by atoms with Gasteiger partial charge in [0.05, 0.1) is 0 Å². The summed E-state index contributed by atoms with van der Waals surface area (Å²) < 4.78 is 0. The Labute approximate surface area is 126 Å². The third kappa shape index (κ3) is 4.21. The molecule has 2 fully saturated rings. The maximum Gasteiger partial charge on any atom is 0.0224 e. The van der Waals surface area contributed by atoms with E-state index in [1.165, 1.54) is 70.9 Å². The molecule has 2 rings (SSSR count). The summed E-state index contributed by atoms with van der Waals surface area (Å²) in [4.78, 5) is 2.84. The fourth-order valence-corrected chi connectivity index (χ4v) is 4.28. The van der Waals surface area contributed by atoms with Crippen LogP contribution in [-0.2, 0) is 0 Å². The molecule has 2 aliphatic rings. The fraction of sp³-hybridized carbons (Fsp3) is 1.00. The van der Waals surface area contributed by atoms with Gasteiger partial charge in [-0.25, -0.2) is 0 Å². The quantitative estimate of drug-likeness (QED) is 0.784. The number of hydrogen-bond acceptors (Lipinski definition) is 2. The van der Waals surface area contributed by atoms with Crippen molar-refractivity contribution in [2.45, 2.75) is 96.7 Å². The Morgan fingerprint density at radius 1 is 1.15 bits per heavy atom. The Balaban J connectivity index is 1.91. The molecular weight excluding hydrogens is 244 g/mol. The molecule has 0 spiro atoms. The van der Waals surface area contributed by atoms with Crippen LogP contribution in [0, 0.1) is 5.92 Å². The van der Waals surface area contributed by atoms with E-state index in [9.17, 15) is 0 Å². The molecule has 20 heavy (non-hydrogen) atoms. The smallest absolute Gasteiger partial charge is 0.0224 e. The van der Waals surface area contributed by atoms with Gasteiger partial charge in [0.1, 0.15) is 0 Å². The van der Waals surface area contributed by atoms with Crippen LogP contribution in [0.3, 0.4) is 0 Å². The highest BCUT2D eigenvalue weighted by atomic mass is 15.3. The summed E-state index contributed by atoms with van der Waals surface area (Å²) in [5, 5.41) is 3.89. The maximum atomic E-state index is 3.89. The molecule has 1 aliphatic carbocycles. The molecule has 1 saturated carbocycles. The van der Waals surface area contributed by atoms with E-state index in [4.69, 9.17) is 0 Å². The third-order valence-corrected chi connectivity index (χ3v) is 5.72. The topological polar surface area (TPSA) is 15.3 Å². The van der Waals surface area contributed by atoms with E-state index in [0.717, 1.165) is 24.0 Å². The zero-order valence-corrected chi connectivity index (χ0v) is 14.0. The molecule has 1 saturated heterocycles. The minimum Gasteiger partial charge on any atom is -0.311 e. The lowest BCUT2D eigenvalue weighted by Crippen LogP contribution is -2.60. The number of piperazine rings is 1. The Kier molecular flexibility index (Phi) is 6.83. The fourth-order valence-electron chi connectivity index (χ4n) is 4.28. The van der Waals surface area contributed by atoms with Crippen LogP contribution in [0.5, 0.6) is 0 Å². The SMILES string of the molecule is CCCCC(C)N1CC(C2CCCCC2)NCC1CC. The van der Waals surface area contributed by atoms with Crippen molar-refractivity contribution in [1.82, 2.24) is 10.2 Å². The van der Waals surface area contributed by atoms with E-state index >= 15 is 0 Å². The van der Waals surface area contributed by atoms with E-state index in [2.05, 4.69) is 31.0 Å². The number of nitrogens with zero attached hydrogens (tertiary/aromatic N) is 1. The summed E-state index contributed by atoms with van der Waals surface area (Å²) in [5.41, 5.74) is 0. The minimum atomic E-state index is 0.765. The molecule has 0 aromatic rings. The molecule has 1 heterocycles. The summed E-state index contributed by atoms with van der Waals surface area (Å²) >= 11 is 0. The van der Waals surface area contributed by atoms with E-state index in [-0.39, 0.29) is 0 Å². The average Bonchev–Trinajstić information content (AvgIpc) is 2.52. The molecule has 118 valence electrons. The zero-order valence-electron chi connectivity index (χ0n) is 14.0. The van der Waals surface area contributed by atoms with Gasteiger partial charge in [-0.15, -0.1) is 0 Å². The van der Waals surface area contributed by atoms with Gasteiger partial charge < -0.3 is 5.32 Å². The second kappa shape index (κ2) is 8.38. The number of unbranched alkanes of at least 4 members (excludes halogenated alkanes) is 1. The van der Waals surface area contributed by atoms with Gasteiger partial charge in [0.25, 0.3) is 0 Å². The number of hydrogen-bond donors (Lipinski definition) is 1. The highest BCUT2D eigenvalue weighted by molar-refractivity contribution is 4.92. The summed E-state index contributed by atoms with van der Waals surface area (Å²) in [6.45, 7) is 9.64. The largest absolute Gasteiger partial charge is 0.311 e. The molecule has 0 aromatic carbocycles. The summed E-state index contributed by atoms with van der Waals surface area (Å²) in [7, 11) is 0. The van der Waals surface area contributed by atoms with Crippen LogP contribution in [0.4, 0.5) is 0 Å². The summed E-state index contributed by atoms with van der Waals surface area (Å²) in [6, 6.07) is 2.30. The van der Waals surface area contributed by atoms with Gasteiger partial charge in [-0.05, 0) is 38.5 Å². The Hall–Kier alpha value is -0.0800. The van der Waals surface area contributed by atoms with Crippen LogP contribution in [0.15, 0.2) is 0 Å². The van der Waals surface area contributed by atoms with Crippen molar-refractivity contribution in [3.8, 4) is 0 Å². The monoisotopic (exact) mass is 280 g/mol. The van der Waals surface area contributed by atoms with Crippen LogP contribution in [0.1, 0.15) is 78.6 Å². The molecule has 3 atom stereocenters. The molecular formula is C18H36N2. The molecule has 0 aromatic heterocycles. The summed E-state index contributed by atoms with van der Waals surface area (Å²) in [5.74, 6) is 0.947. The molecule has 1 aliphatic heterocycles. The van der Waals surface area contributed by atoms with Gasteiger partial charge in [0, 0.05) is 31.2 Å². The van der Waals surface area contributed by atoms with Gasteiger partial charge >= 0.3 is 0 Å². The van der Waals surface area contributed by atoms with E-state index in [1.807, 2.05) is 0 Å². The predicted octanol–water partition coefficient (Wildman–Crippen LogP) is 4.20.